The zero-order chi connectivity index (χ0) is 15.6. The third kappa shape index (κ3) is 3.05. The summed E-state index contributed by atoms with van der Waals surface area (Å²) in [5.74, 6) is 0.00964. The van der Waals surface area contributed by atoms with E-state index in [0.29, 0.717) is 18.3 Å². The van der Waals surface area contributed by atoms with Crippen molar-refractivity contribution in [1.82, 2.24) is 15.1 Å². The quantitative estimate of drug-likeness (QED) is 0.773. The fourth-order valence-electron chi connectivity index (χ4n) is 2.67. The maximum Gasteiger partial charge on any atom is 0.274 e. The highest BCUT2D eigenvalue weighted by Gasteiger charge is 2.34. The van der Waals surface area contributed by atoms with E-state index < -0.39 is 0 Å². The fraction of sp³-hybridized carbons (Fsp3) is 0.222. The molecular formula is C18H17N3OS. The number of aromatic nitrogens is 2. The summed E-state index contributed by atoms with van der Waals surface area (Å²) in [6.45, 7) is 0.644. The number of rotatable bonds is 5. The summed E-state index contributed by atoms with van der Waals surface area (Å²) in [6, 6.07) is 16.4. The lowest BCUT2D eigenvalue weighted by Crippen LogP contribution is -2.32. The molecule has 3 aromatic rings. The van der Waals surface area contributed by atoms with Gasteiger partial charge in [-0.2, -0.15) is 5.10 Å². The molecule has 1 aromatic carbocycles. The largest absolute Gasteiger partial charge is 0.330 e. The molecule has 0 saturated heterocycles. The molecule has 116 valence electrons. The number of thiophene rings is 1. The molecule has 0 bridgehead atoms. The van der Waals surface area contributed by atoms with E-state index in [1.165, 1.54) is 0 Å². The van der Waals surface area contributed by atoms with Gasteiger partial charge in [-0.05, 0) is 35.9 Å². The summed E-state index contributed by atoms with van der Waals surface area (Å²) in [5, 5.41) is 9.23. The van der Waals surface area contributed by atoms with E-state index in [9.17, 15) is 4.79 Å². The number of amides is 1. The summed E-state index contributed by atoms with van der Waals surface area (Å²) in [4.78, 5) is 15.9. The topological polar surface area (TPSA) is 49.0 Å². The zero-order valence-electron chi connectivity index (χ0n) is 12.6. The average Bonchev–Trinajstić information content (AvgIpc) is 3.08. The predicted molar refractivity (Wildman–Crippen MR) is 91.2 cm³/mol. The Labute approximate surface area is 138 Å². The Morgan fingerprint density at radius 2 is 2.04 bits per heavy atom. The Balaban J connectivity index is 1.56. The van der Waals surface area contributed by atoms with Crippen LogP contribution in [0.4, 0.5) is 0 Å². The molecule has 0 aliphatic heterocycles. The molecule has 0 radical (unpaired) electrons. The molecule has 4 nitrogen and oxygen atoms in total. The number of benzene rings is 1. The molecule has 2 aromatic heterocycles. The third-order valence-corrected chi connectivity index (χ3v) is 4.93. The van der Waals surface area contributed by atoms with Crippen LogP contribution in [0.1, 0.15) is 28.9 Å². The van der Waals surface area contributed by atoms with Gasteiger partial charge in [-0.1, -0.05) is 36.4 Å². The molecule has 1 amide bonds. The van der Waals surface area contributed by atoms with E-state index in [-0.39, 0.29) is 5.91 Å². The first-order chi connectivity index (χ1) is 11.3. The smallest absolute Gasteiger partial charge is 0.274 e. The van der Waals surface area contributed by atoms with Crippen LogP contribution < -0.4 is 0 Å². The lowest BCUT2D eigenvalue weighted by molar-refractivity contribution is 0.0724. The minimum absolute atomic E-state index is 0.00964. The molecule has 23 heavy (non-hydrogen) atoms. The van der Waals surface area contributed by atoms with Gasteiger partial charge in [0.15, 0.2) is 5.69 Å². The summed E-state index contributed by atoms with van der Waals surface area (Å²) < 4.78 is 0. The van der Waals surface area contributed by atoms with Gasteiger partial charge in [-0.3, -0.25) is 9.89 Å². The predicted octanol–water partition coefficient (Wildman–Crippen LogP) is 3.94. The van der Waals surface area contributed by atoms with Crippen LogP contribution >= 0.6 is 11.3 Å². The molecule has 0 unspecified atom stereocenters. The van der Waals surface area contributed by atoms with Crippen molar-refractivity contribution in [2.24, 2.45) is 0 Å². The molecule has 4 rings (SSSR count). The zero-order valence-corrected chi connectivity index (χ0v) is 13.4. The van der Waals surface area contributed by atoms with Gasteiger partial charge in [-0.15, -0.1) is 11.3 Å². The SMILES string of the molecule is O=C(c1cc(-c2cccs2)[nH]n1)N(Cc1ccccc1)C1CC1. The number of nitrogens with one attached hydrogen (secondary N) is 1. The van der Waals surface area contributed by atoms with Gasteiger partial charge < -0.3 is 4.90 Å². The molecule has 0 atom stereocenters. The lowest BCUT2D eigenvalue weighted by Gasteiger charge is -2.21. The maximum absolute atomic E-state index is 12.9. The first-order valence-corrected chi connectivity index (χ1v) is 8.63. The molecule has 5 heteroatoms. The third-order valence-electron chi connectivity index (χ3n) is 4.03. The van der Waals surface area contributed by atoms with Gasteiger partial charge in [0, 0.05) is 12.6 Å². The number of carbonyl (C=O) groups is 1. The number of carbonyl (C=O) groups excluding carboxylic acids is 1. The highest BCUT2D eigenvalue weighted by molar-refractivity contribution is 7.13. The van der Waals surface area contributed by atoms with E-state index >= 15 is 0 Å². The van der Waals surface area contributed by atoms with Gasteiger partial charge in [-0.25, -0.2) is 0 Å². The number of aromatic amines is 1. The first-order valence-electron chi connectivity index (χ1n) is 7.75. The molecule has 1 fully saturated rings. The number of hydrogen-bond donors (Lipinski definition) is 1. The monoisotopic (exact) mass is 323 g/mol. The van der Waals surface area contributed by atoms with Gasteiger partial charge in [0.2, 0.25) is 0 Å². The number of H-pyrrole nitrogens is 1. The van der Waals surface area contributed by atoms with Gasteiger partial charge in [0.1, 0.15) is 0 Å². The second kappa shape index (κ2) is 6.01. The van der Waals surface area contributed by atoms with Crippen LogP contribution in [-0.2, 0) is 6.54 Å². The Kier molecular flexibility index (Phi) is 3.71. The van der Waals surface area contributed by atoms with Crippen molar-refractivity contribution in [1.29, 1.82) is 0 Å². The summed E-state index contributed by atoms with van der Waals surface area (Å²) in [6.07, 6.45) is 2.17. The Hall–Kier alpha value is -2.40. The fourth-order valence-corrected chi connectivity index (χ4v) is 3.36. The first kappa shape index (κ1) is 14.2. The molecule has 1 saturated carbocycles. The second-order valence-corrected chi connectivity index (χ2v) is 6.74. The van der Waals surface area contributed by atoms with Crippen LogP contribution in [0, 0.1) is 0 Å². The van der Waals surface area contributed by atoms with Gasteiger partial charge in [0.25, 0.3) is 5.91 Å². The standard InChI is InChI=1S/C18H17N3OS/c22-18(16-11-15(19-20-16)17-7-4-10-23-17)21(14-8-9-14)12-13-5-2-1-3-6-13/h1-7,10-11,14H,8-9,12H2,(H,19,20). The van der Waals surface area contributed by atoms with E-state index in [1.807, 2.05) is 46.7 Å². The van der Waals surface area contributed by atoms with Crippen molar-refractivity contribution in [3.05, 3.63) is 65.2 Å². The Bertz CT molecular complexity index is 791. The molecule has 2 heterocycles. The van der Waals surface area contributed by atoms with E-state index in [0.717, 1.165) is 29.0 Å². The van der Waals surface area contributed by atoms with Crippen LogP contribution in [0.25, 0.3) is 10.6 Å². The normalized spacial score (nSPS) is 13.9. The molecule has 1 N–H and O–H groups in total. The summed E-state index contributed by atoms with van der Waals surface area (Å²) in [7, 11) is 0. The molecule has 1 aliphatic carbocycles. The van der Waals surface area contributed by atoms with Crippen LogP contribution in [0.5, 0.6) is 0 Å². The van der Waals surface area contributed by atoms with Crippen LogP contribution in [0.3, 0.4) is 0 Å². The molecular weight excluding hydrogens is 306 g/mol. The summed E-state index contributed by atoms with van der Waals surface area (Å²) >= 11 is 1.63. The Morgan fingerprint density at radius 1 is 1.22 bits per heavy atom. The van der Waals surface area contributed by atoms with Crippen LogP contribution in [0.2, 0.25) is 0 Å². The van der Waals surface area contributed by atoms with E-state index in [4.69, 9.17) is 0 Å². The highest BCUT2D eigenvalue weighted by Crippen LogP contribution is 2.30. The van der Waals surface area contributed by atoms with Crippen molar-refractivity contribution in [3.8, 4) is 10.6 Å². The van der Waals surface area contributed by atoms with Crippen molar-refractivity contribution in [2.45, 2.75) is 25.4 Å². The van der Waals surface area contributed by atoms with Gasteiger partial charge in [0.05, 0.1) is 10.6 Å². The minimum Gasteiger partial charge on any atom is -0.330 e. The molecule has 1 aliphatic rings. The maximum atomic E-state index is 12.9. The van der Waals surface area contributed by atoms with Gasteiger partial charge >= 0.3 is 0 Å². The highest BCUT2D eigenvalue weighted by atomic mass is 32.1. The van der Waals surface area contributed by atoms with Crippen molar-refractivity contribution < 1.29 is 4.79 Å². The van der Waals surface area contributed by atoms with E-state index in [1.54, 1.807) is 11.3 Å². The summed E-state index contributed by atoms with van der Waals surface area (Å²) in [5.41, 5.74) is 2.55. The lowest BCUT2D eigenvalue weighted by atomic mass is 10.2. The number of nitrogens with zero attached hydrogens (tertiary/aromatic N) is 2. The van der Waals surface area contributed by atoms with Crippen molar-refractivity contribution in [2.75, 3.05) is 0 Å². The average molecular weight is 323 g/mol. The minimum atomic E-state index is 0.00964. The van der Waals surface area contributed by atoms with Crippen LogP contribution in [-0.4, -0.2) is 27.0 Å². The van der Waals surface area contributed by atoms with Crippen LogP contribution in [0.15, 0.2) is 53.9 Å². The van der Waals surface area contributed by atoms with E-state index in [2.05, 4.69) is 22.3 Å². The van der Waals surface area contributed by atoms with Crippen molar-refractivity contribution >= 4 is 17.2 Å². The van der Waals surface area contributed by atoms with Crippen molar-refractivity contribution in [3.63, 3.8) is 0 Å². The molecule has 0 spiro atoms. The second-order valence-electron chi connectivity index (χ2n) is 5.79. The number of hydrogen-bond acceptors (Lipinski definition) is 3. The Morgan fingerprint density at radius 3 is 2.74 bits per heavy atom.